The van der Waals surface area contributed by atoms with E-state index in [2.05, 4.69) is 10.4 Å². The van der Waals surface area contributed by atoms with E-state index in [1.54, 1.807) is 38.2 Å². The van der Waals surface area contributed by atoms with E-state index in [4.69, 9.17) is 9.47 Å². The number of amides is 1. The Hall–Kier alpha value is -3.35. The molecule has 1 N–H and O–H groups in total. The van der Waals surface area contributed by atoms with Crippen molar-refractivity contribution in [2.45, 2.75) is 25.7 Å². The van der Waals surface area contributed by atoms with Gasteiger partial charge < -0.3 is 14.8 Å². The van der Waals surface area contributed by atoms with E-state index in [9.17, 15) is 9.59 Å². The first-order chi connectivity index (χ1) is 13.0. The number of carbonyl (C=O) groups is 1. The molecule has 1 aliphatic heterocycles. The molecular weight excluding hydrogens is 346 g/mol. The first-order valence-corrected chi connectivity index (χ1v) is 8.69. The lowest BCUT2D eigenvalue weighted by Gasteiger charge is -2.31. The van der Waals surface area contributed by atoms with Crippen LogP contribution in [0.3, 0.4) is 0 Å². The fourth-order valence-corrected chi connectivity index (χ4v) is 3.18. The van der Waals surface area contributed by atoms with Gasteiger partial charge in [0, 0.05) is 12.4 Å². The van der Waals surface area contributed by atoms with Crippen LogP contribution in [0.25, 0.3) is 10.8 Å². The van der Waals surface area contributed by atoms with Crippen LogP contribution in [0.2, 0.25) is 0 Å². The second kappa shape index (κ2) is 6.75. The van der Waals surface area contributed by atoms with Gasteiger partial charge in [-0.15, -0.1) is 0 Å². The highest BCUT2D eigenvalue weighted by atomic mass is 16.6. The van der Waals surface area contributed by atoms with Crippen molar-refractivity contribution in [1.82, 2.24) is 15.1 Å². The van der Waals surface area contributed by atoms with Crippen LogP contribution in [0.1, 0.15) is 12.6 Å². The highest BCUT2D eigenvalue weighted by Crippen LogP contribution is 2.33. The maximum Gasteiger partial charge on any atom is 0.274 e. The monoisotopic (exact) mass is 365 g/mol. The molecule has 4 rings (SSSR count). The van der Waals surface area contributed by atoms with Gasteiger partial charge in [-0.3, -0.25) is 9.59 Å². The predicted molar refractivity (Wildman–Crippen MR) is 99.8 cm³/mol. The average Bonchev–Trinajstić information content (AvgIpc) is 2.69. The van der Waals surface area contributed by atoms with Gasteiger partial charge in [-0.25, -0.2) is 4.68 Å². The van der Waals surface area contributed by atoms with Gasteiger partial charge in [-0.05, 0) is 25.1 Å². The van der Waals surface area contributed by atoms with Crippen LogP contribution in [0.5, 0.6) is 11.5 Å². The van der Waals surface area contributed by atoms with Gasteiger partial charge in [0.1, 0.15) is 6.10 Å². The summed E-state index contributed by atoms with van der Waals surface area (Å²) < 4.78 is 12.9. The van der Waals surface area contributed by atoms with Crippen LogP contribution in [-0.4, -0.2) is 27.9 Å². The summed E-state index contributed by atoms with van der Waals surface area (Å²) in [7, 11) is 1.59. The summed E-state index contributed by atoms with van der Waals surface area (Å²) in [4.78, 5) is 24.9. The molecule has 1 aliphatic rings. The quantitative estimate of drug-likeness (QED) is 0.765. The molecule has 0 saturated carbocycles. The Morgan fingerprint density at radius 2 is 1.70 bits per heavy atom. The van der Waals surface area contributed by atoms with Crippen molar-refractivity contribution in [3.05, 3.63) is 64.6 Å². The Labute approximate surface area is 155 Å². The molecule has 7 heteroatoms. The van der Waals surface area contributed by atoms with Gasteiger partial charge in [-0.1, -0.05) is 30.3 Å². The SMILES string of the molecule is C[C@H]1Oc2ccccc2O[C@H]1C(=O)NCc1nn(C)c(=O)c2ccccc12. The van der Waals surface area contributed by atoms with Crippen molar-refractivity contribution in [3.8, 4) is 11.5 Å². The third kappa shape index (κ3) is 3.12. The molecule has 2 heterocycles. The fraction of sp³-hybridized carbons (Fsp3) is 0.250. The van der Waals surface area contributed by atoms with E-state index in [-0.39, 0.29) is 18.0 Å². The molecule has 0 fully saturated rings. The van der Waals surface area contributed by atoms with Gasteiger partial charge in [0.25, 0.3) is 11.5 Å². The summed E-state index contributed by atoms with van der Waals surface area (Å²) in [6, 6.07) is 14.5. The Morgan fingerprint density at radius 3 is 2.44 bits per heavy atom. The maximum absolute atomic E-state index is 12.7. The number of fused-ring (bicyclic) bond motifs is 2. The molecular formula is C20H19N3O4. The van der Waals surface area contributed by atoms with Crippen LogP contribution in [0.15, 0.2) is 53.3 Å². The van der Waals surface area contributed by atoms with Crippen molar-refractivity contribution in [2.24, 2.45) is 7.05 Å². The van der Waals surface area contributed by atoms with E-state index < -0.39 is 12.2 Å². The van der Waals surface area contributed by atoms with Crippen LogP contribution in [0, 0.1) is 0 Å². The Bertz CT molecular complexity index is 1080. The second-order valence-corrected chi connectivity index (χ2v) is 6.45. The molecule has 27 heavy (non-hydrogen) atoms. The standard InChI is InChI=1S/C20H19N3O4/c1-12-18(27-17-10-6-5-9-16(17)26-12)19(24)21-11-15-13-7-3-4-8-14(13)20(25)23(2)22-15/h3-10,12,18H,11H2,1-2H3,(H,21,24)/t12-,18-/m1/s1. The van der Waals surface area contributed by atoms with Crippen molar-refractivity contribution < 1.29 is 14.3 Å². The zero-order valence-electron chi connectivity index (χ0n) is 15.0. The number of nitrogens with one attached hydrogen (secondary N) is 1. The Balaban J connectivity index is 1.54. The fourth-order valence-electron chi connectivity index (χ4n) is 3.18. The number of aromatic nitrogens is 2. The number of carbonyl (C=O) groups excluding carboxylic acids is 1. The van der Waals surface area contributed by atoms with Gasteiger partial charge in [0.15, 0.2) is 11.5 Å². The minimum absolute atomic E-state index is 0.171. The lowest BCUT2D eigenvalue weighted by Crippen LogP contribution is -2.48. The lowest BCUT2D eigenvalue weighted by molar-refractivity contribution is -0.133. The average molecular weight is 365 g/mol. The topological polar surface area (TPSA) is 82.4 Å². The third-order valence-electron chi connectivity index (χ3n) is 4.56. The van der Waals surface area contributed by atoms with Gasteiger partial charge in [-0.2, -0.15) is 5.10 Å². The molecule has 0 unspecified atom stereocenters. The van der Waals surface area contributed by atoms with Gasteiger partial charge in [0.05, 0.1) is 17.6 Å². The van der Waals surface area contributed by atoms with E-state index in [0.717, 1.165) is 5.39 Å². The van der Waals surface area contributed by atoms with Crippen molar-refractivity contribution in [2.75, 3.05) is 0 Å². The van der Waals surface area contributed by atoms with E-state index in [1.807, 2.05) is 24.3 Å². The molecule has 138 valence electrons. The summed E-state index contributed by atoms with van der Waals surface area (Å²) in [5.74, 6) is 0.873. The number of hydrogen-bond acceptors (Lipinski definition) is 5. The van der Waals surface area contributed by atoms with Gasteiger partial charge in [0.2, 0.25) is 6.10 Å². The molecule has 0 saturated heterocycles. The summed E-state index contributed by atoms with van der Waals surface area (Å²) in [5.41, 5.74) is 0.445. The predicted octanol–water partition coefficient (Wildman–Crippen LogP) is 1.78. The molecule has 7 nitrogen and oxygen atoms in total. The minimum atomic E-state index is -0.765. The second-order valence-electron chi connectivity index (χ2n) is 6.45. The number of rotatable bonds is 3. The zero-order valence-corrected chi connectivity index (χ0v) is 15.0. The number of ether oxygens (including phenoxy) is 2. The van der Waals surface area contributed by atoms with E-state index >= 15 is 0 Å². The number of aryl methyl sites for hydroxylation is 1. The van der Waals surface area contributed by atoms with Crippen molar-refractivity contribution in [3.63, 3.8) is 0 Å². The maximum atomic E-state index is 12.7. The number of benzene rings is 2. The first-order valence-electron chi connectivity index (χ1n) is 8.69. The first kappa shape index (κ1) is 17.1. The summed E-state index contributed by atoms with van der Waals surface area (Å²) in [6.07, 6.45) is -1.19. The highest BCUT2D eigenvalue weighted by molar-refractivity contribution is 5.85. The highest BCUT2D eigenvalue weighted by Gasteiger charge is 2.33. The number of para-hydroxylation sites is 2. The summed E-state index contributed by atoms with van der Waals surface area (Å²) >= 11 is 0. The lowest BCUT2D eigenvalue weighted by atomic mass is 10.1. The molecule has 1 aromatic heterocycles. The van der Waals surface area contributed by atoms with E-state index in [0.29, 0.717) is 22.6 Å². The third-order valence-corrected chi connectivity index (χ3v) is 4.56. The molecule has 0 radical (unpaired) electrons. The van der Waals surface area contributed by atoms with Crippen LogP contribution >= 0.6 is 0 Å². The summed E-state index contributed by atoms with van der Waals surface area (Å²) in [6.45, 7) is 1.97. The molecule has 0 bridgehead atoms. The zero-order chi connectivity index (χ0) is 19.0. The Kier molecular flexibility index (Phi) is 4.27. The molecule has 0 spiro atoms. The van der Waals surface area contributed by atoms with Crippen molar-refractivity contribution >= 4 is 16.7 Å². The van der Waals surface area contributed by atoms with Gasteiger partial charge >= 0.3 is 0 Å². The van der Waals surface area contributed by atoms with Crippen molar-refractivity contribution in [1.29, 1.82) is 0 Å². The normalized spacial score (nSPS) is 18.3. The molecule has 1 amide bonds. The molecule has 2 aromatic carbocycles. The molecule has 2 atom stereocenters. The van der Waals surface area contributed by atoms with Crippen LogP contribution in [0.4, 0.5) is 0 Å². The largest absolute Gasteiger partial charge is 0.482 e. The van der Waals surface area contributed by atoms with E-state index in [1.165, 1.54) is 4.68 Å². The van der Waals surface area contributed by atoms with Crippen LogP contribution < -0.4 is 20.3 Å². The van der Waals surface area contributed by atoms with Crippen LogP contribution in [-0.2, 0) is 18.4 Å². The Morgan fingerprint density at radius 1 is 1.07 bits per heavy atom. The smallest absolute Gasteiger partial charge is 0.274 e. The molecule has 3 aromatic rings. The molecule has 0 aliphatic carbocycles. The number of hydrogen-bond donors (Lipinski definition) is 1. The summed E-state index contributed by atoms with van der Waals surface area (Å²) in [5, 5.41) is 8.43. The minimum Gasteiger partial charge on any atom is -0.482 e. The number of nitrogens with zero attached hydrogens (tertiary/aromatic N) is 2.